The molecule has 1 aromatic carbocycles. The normalized spacial score (nSPS) is 10.1. The summed E-state index contributed by atoms with van der Waals surface area (Å²) in [5, 5.41) is 3.04. The van der Waals surface area contributed by atoms with Gasteiger partial charge in [0.15, 0.2) is 0 Å². The highest BCUT2D eigenvalue weighted by Gasteiger charge is 2.07. The van der Waals surface area contributed by atoms with Crippen molar-refractivity contribution in [1.29, 1.82) is 0 Å². The Morgan fingerprint density at radius 3 is 2.58 bits per heavy atom. The fourth-order valence-corrected chi connectivity index (χ4v) is 1.92. The van der Waals surface area contributed by atoms with Gasteiger partial charge in [-0.3, -0.25) is 0 Å². The molecule has 1 aromatic heterocycles. The van der Waals surface area contributed by atoms with Gasteiger partial charge in [-0.25, -0.2) is 4.98 Å². The van der Waals surface area contributed by atoms with Crippen molar-refractivity contribution in [3.63, 3.8) is 0 Å². The van der Waals surface area contributed by atoms with Crippen LogP contribution >= 0.6 is 15.9 Å². The zero-order valence-electron chi connectivity index (χ0n) is 10.5. The Morgan fingerprint density at radius 2 is 1.95 bits per heavy atom. The number of methoxy groups -OCH3 is 2. The van der Waals surface area contributed by atoms with Crippen molar-refractivity contribution in [3.05, 3.63) is 28.9 Å². The number of benzene rings is 1. The maximum atomic E-state index is 5.66. The van der Waals surface area contributed by atoms with Crippen LogP contribution in [-0.2, 0) is 0 Å². The van der Waals surface area contributed by atoms with Crippen LogP contribution in [0.2, 0.25) is 0 Å². The molecule has 2 rings (SSSR count). The number of hydrogen-bond acceptors (Lipinski definition) is 6. The molecule has 0 fully saturated rings. The van der Waals surface area contributed by atoms with Crippen LogP contribution in [0.4, 0.5) is 17.5 Å². The molecule has 0 aliphatic rings. The van der Waals surface area contributed by atoms with Gasteiger partial charge in [0.1, 0.15) is 21.9 Å². The molecule has 6 nitrogen and oxygen atoms in total. The number of nitrogens with two attached hydrogens (primary N) is 1. The molecule has 3 N–H and O–H groups in total. The second-order valence-corrected chi connectivity index (χ2v) is 4.44. The van der Waals surface area contributed by atoms with Gasteiger partial charge in [-0.2, -0.15) is 4.98 Å². The smallest absolute Gasteiger partial charge is 0.230 e. The maximum absolute atomic E-state index is 5.66. The summed E-state index contributed by atoms with van der Waals surface area (Å²) in [7, 11) is 3.18. The van der Waals surface area contributed by atoms with Crippen LogP contribution in [0.15, 0.2) is 28.9 Å². The number of nitrogens with zero attached hydrogens (tertiary/aromatic N) is 2. The lowest BCUT2D eigenvalue weighted by Crippen LogP contribution is -2.02. The largest absolute Gasteiger partial charge is 0.497 e. The van der Waals surface area contributed by atoms with E-state index in [2.05, 4.69) is 31.2 Å². The number of anilines is 3. The van der Waals surface area contributed by atoms with Crippen LogP contribution in [0.3, 0.4) is 0 Å². The van der Waals surface area contributed by atoms with Gasteiger partial charge in [-0.15, -0.1) is 0 Å². The van der Waals surface area contributed by atoms with E-state index in [1.54, 1.807) is 26.4 Å². The molecule has 0 saturated carbocycles. The van der Waals surface area contributed by atoms with Gasteiger partial charge in [0.05, 0.1) is 19.9 Å². The number of nitrogens with one attached hydrogen (secondary N) is 1. The highest BCUT2D eigenvalue weighted by molar-refractivity contribution is 9.10. The Balaban J connectivity index is 2.32. The van der Waals surface area contributed by atoms with E-state index in [-0.39, 0.29) is 0 Å². The van der Waals surface area contributed by atoms with Crippen LogP contribution < -0.4 is 20.5 Å². The van der Waals surface area contributed by atoms with Crippen LogP contribution in [0.1, 0.15) is 0 Å². The highest BCUT2D eigenvalue weighted by atomic mass is 79.9. The summed E-state index contributed by atoms with van der Waals surface area (Å²) in [6.07, 6.45) is 0. The van der Waals surface area contributed by atoms with E-state index < -0.39 is 0 Å². The van der Waals surface area contributed by atoms with Crippen LogP contribution in [-0.4, -0.2) is 24.2 Å². The van der Waals surface area contributed by atoms with Crippen molar-refractivity contribution >= 4 is 33.4 Å². The van der Waals surface area contributed by atoms with E-state index in [1.807, 2.05) is 12.1 Å². The summed E-state index contributed by atoms with van der Waals surface area (Å²) in [6.45, 7) is 0. The van der Waals surface area contributed by atoms with Gasteiger partial charge in [0.2, 0.25) is 5.95 Å². The number of ether oxygens (including phenoxy) is 2. The molecule has 19 heavy (non-hydrogen) atoms. The molecule has 0 saturated heterocycles. The van der Waals surface area contributed by atoms with E-state index in [0.717, 1.165) is 5.69 Å². The van der Waals surface area contributed by atoms with E-state index >= 15 is 0 Å². The van der Waals surface area contributed by atoms with Gasteiger partial charge in [-0.1, -0.05) is 0 Å². The minimum absolute atomic E-state index is 0.372. The Labute approximate surface area is 119 Å². The molecule has 0 radical (unpaired) electrons. The Morgan fingerprint density at radius 1 is 1.16 bits per heavy atom. The lowest BCUT2D eigenvalue weighted by Gasteiger charge is -2.11. The summed E-state index contributed by atoms with van der Waals surface area (Å²) in [5.74, 6) is 2.09. The molecule has 1 heterocycles. The van der Waals surface area contributed by atoms with E-state index in [1.165, 1.54) is 0 Å². The third kappa shape index (κ3) is 3.25. The van der Waals surface area contributed by atoms with Crippen molar-refractivity contribution in [2.75, 3.05) is 25.3 Å². The van der Waals surface area contributed by atoms with Crippen LogP contribution in [0.5, 0.6) is 11.5 Å². The zero-order valence-corrected chi connectivity index (χ0v) is 12.1. The molecule has 0 spiro atoms. The predicted molar refractivity (Wildman–Crippen MR) is 77.0 cm³/mol. The van der Waals surface area contributed by atoms with Gasteiger partial charge in [-0.05, 0) is 28.1 Å². The zero-order chi connectivity index (χ0) is 13.8. The van der Waals surface area contributed by atoms with Gasteiger partial charge in [0, 0.05) is 12.1 Å². The van der Waals surface area contributed by atoms with E-state index in [4.69, 9.17) is 15.2 Å². The van der Waals surface area contributed by atoms with Gasteiger partial charge < -0.3 is 20.5 Å². The minimum atomic E-state index is 0.372. The number of halogens is 1. The second kappa shape index (κ2) is 5.75. The first-order valence-corrected chi connectivity index (χ1v) is 6.21. The highest BCUT2D eigenvalue weighted by Crippen LogP contribution is 2.30. The lowest BCUT2D eigenvalue weighted by atomic mass is 10.2. The Bertz CT molecular complexity index is 572. The molecule has 100 valence electrons. The standard InChI is InChI=1S/C12H13BrN4O2/c1-18-7-3-4-8(9(5-7)19-2)15-12-16-10(13)6-11(14)17-12/h3-6H,1-2H3,(H3,14,15,16,17). The first kappa shape index (κ1) is 13.4. The summed E-state index contributed by atoms with van der Waals surface area (Å²) in [5.41, 5.74) is 6.38. The van der Waals surface area contributed by atoms with Crippen LogP contribution in [0.25, 0.3) is 0 Å². The van der Waals surface area contributed by atoms with Gasteiger partial charge in [0.25, 0.3) is 0 Å². The molecule has 0 unspecified atom stereocenters. The predicted octanol–water partition coefficient (Wildman–Crippen LogP) is 2.58. The molecule has 0 atom stereocenters. The summed E-state index contributed by atoms with van der Waals surface area (Å²) >= 11 is 3.26. The molecular formula is C12H13BrN4O2. The number of aromatic nitrogens is 2. The monoisotopic (exact) mass is 324 g/mol. The SMILES string of the molecule is COc1ccc(Nc2nc(N)cc(Br)n2)c(OC)c1. The summed E-state index contributed by atoms with van der Waals surface area (Å²) < 4.78 is 11.0. The van der Waals surface area contributed by atoms with E-state index in [0.29, 0.717) is 27.9 Å². The number of nitrogen functional groups attached to an aromatic ring is 1. The molecule has 0 aliphatic carbocycles. The molecular weight excluding hydrogens is 312 g/mol. The molecule has 0 amide bonds. The first-order chi connectivity index (χ1) is 9.12. The van der Waals surface area contributed by atoms with Crippen molar-refractivity contribution in [2.24, 2.45) is 0 Å². The van der Waals surface area contributed by atoms with Crippen LogP contribution in [0, 0.1) is 0 Å². The Hall–Kier alpha value is -2.02. The number of rotatable bonds is 4. The first-order valence-electron chi connectivity index (χ1n) is 5.41. The quantitative estimate of drug-likeness (QED) is 0.841. The topological polar surface area (TPSA) is 82.3 Å². The molecule has 2 aromatic rings. The van der Waals surface area contributed by atoms with Crippen molar-refractivity contribution in [3.8, 4) is 11.5 Å². The average molecular weight is 325 g/mol. The summed E-state index contributed by atoms with van der Waals surface area (Å²) in [6, 6.07) is 7.02. The molecule has 0 aliphatic heterocycles. The third-order valence-corrected chi connectivity index (χ3v) is 2.78. The Kier molecular flexibility index (Phi) is 4.06. The maximum Gasteiger partial charge on any atom is 0.230 e. The fourth-order valence-electron chi connectivity index (χ4n) is 1.51. The third-order valence-electron chi connectivity index (χ3n) is 2.37. The number of hydrogen-bond donors (Lipinski definition) is 2. The molecule has 7 heteroatoms. The summed E-state index contributed by atoms with van der Waals surface area (Å²) in [4.78, 5) is 8.26. The van der Waals surface area contributed by atoms with E-state index in [9.17, 15) is 0 Å². The van der Waals surface area contributed by atoms with Crippen molar-refractivity contribution < 1.29 is 9.47 Å². The fraction of sp³-hybridized carbons (Fsp3) is 0.167. The average Bonchev–Trinajstić information content (AvgIpc) is 2.38. The minimum Gasteiger partial charge on any atom is -0.497 e. The van der Waals surface area contributed by atoms with Crippen molar-refractivity contribution in [1.82, 2.24) is 9.97 Å². The molecule has 0 bridgehead atoms. The lowest BCUT2D eigenvalue weighted by molar-refractivity contribution is 0.395. The van der Waals surface area contributed by atoms with Gasteiger partial charge >= 0.3 is 0 Å². The second-order valence-electron chi connectivity index (χ2n) is 3.63. The van der Waals surface area contributed by atoms with Crippen molar-refractivity contribution in [2.45, 2.75) is 0 Å².